The number of benzene rings is 1. The summed E-state index contributed by atoms with van der Waals surface area (Å²) in [5, 5.41) is 0. The van der Waals surface area contributed by atoms with Crippen molar-refractivity contribution < 1.29 is 13.9 Å². The van der Waals surface area contributed by atoms with Gasteiger partial charge in [-0.15, -0.1) is 0 Å². The molecule has 94 valence electrons. The van der Waals surface area contributed by atoms with Gasteiger partial charge >= 0.3 is 5.97 Å². The van der Waals surface area contributed by atoms with E-state index in [1.165, 1.54) is 12.1 Å². The first-order valence-electron chi connectivity index (χ1n) is 5.80. The van der Waals surface area contributed by atoms with Crippen molar-refractivity contribution in [3.63, 3.8) is 0 Å². The van der Waals surface area contributed by atoms with Crippen LogP contribution in [0.25, 0.3) is 0 Å². The quantitative estimate of drug-likeness (QED) is 0.634. The zero-order chi connectivity index (χ0) is 12.8. The first-order chi connectivity index (χ1) is 8.08. The number of ether oxygens (including phenoxy) is 1. The molecule has 17 heavy (non-hydrogen) atoms. The molecule has 0 amide bonds. The molecular weight excluding hydrogens is 221 g/mol. The van der Waals surface area contributed by atoms with Crippen LogP contribution in [0, 0.1) is 11.7 Å². The van der Waals surface area contributed by atoms with E-state index < -0.39 is 11.8 Å². The van der Waals surface area contributed by atoms with Gasteiger partial charge in [-0.25, -0.2) is 9.18 Å². The summed E-state index contributed by atoms with van der Waals surface area (Å²) >= 11 is 0. The normalized spacial score (nSPS) is 10.6. The molecule has 1 aromatic rings. The Bertz CT molecular complexity index is 389. The van der Waals surface area contributed by atoms with E-state index in [9.17, 15) is 9.18 Å². The van der Waals surface area contributed by atoms with Crippen molar-refractivity contribution in [1.82, 2.24) is 0 Å². The number of nitrogen functional groups attached to an aromatic ring is 1. The second-order valence-corrected chi connectivity index (χ2v) is 4.01. The largest absolute Gasteiger partial charge is 0.462 e. The van der Waals surface area contributed by atoms with E-state index in [1.54, 1.807) is 0 Å². The van der Waals surface area contributed by atoms with Gasteiger partial charge in [0.25, 0.3) is 0 Å². The molecule has 0 aliphatic carbocycles. The van der Waals surface area contributed by atoms with E-state index in [0.717, 1.165) is 18.9 Å². The highest BCUT2D eigenvalue weighted by Crippen LogP contribution is 2.16. The van der Waals surface area contributed by atoms with Crippen LogP contribution >= 0.6 is 0 Å². The van der Waals surface area contributed by atoms with Gasteiger partial charge in [-0.1, -0.05) is 26.7 Å². The molecule has 0 fully saturated rings. The molecule has 0 saturated heterocycles. The van der Waals surface area contributed by atoms with E-state index >= 15 is 0 Å². The van der Waals surface area contributed by atoms with Crippen LogP contribution in [-0.4, -0.2) is 12.6 Å². The van der Waals surface area contributed by atoms with Crippen LogP contribution in [0.5, 0.6) is 0 Å². The van der Waals surface area contributed by atoms with Gasteiger partial charge < -0.3 is 10.5 Å². The van der Waals surface area contributed by atoms with Crippen LogP contribution in [0.3, 0.4) is 0 Å². The highest BCUT2D eigenvalue weighted by molar-refractivity contribution is 5.94. The summed E-state index contributed by atoms with van der Waals surface area (Å²) in [7, 11) is 0. The topological polar surface area (TPSA) is 52.3 Å². The molecule has 1 aromatic carbocycles. The van der Waals surface area contributed by atoms with Crippen LogP contribution < -0.4 is 5.73 Å². The van der Waals surface area contributed by atoms with Crippen molar-refractivity contribution in [2.45, 2.75) is 26.7 Å². The molecule has 0 bridgehead atoms. The number of anilines is 1. The maximum Gasteiger partial charge on any atom is 0.340 e. The zero-order valence-electron chi connectivity index (χ0n) is 10.2. The molecule has 1 rings (SSSR count). The first-order valence-corrected chi connectivity index (χ1v) is 5.80. The minimum absolute atomic E-state index is 0.111. The molecule has 0 aliphatic heterocycles. The summed E-state index contributed by atoms with van der Waals surface area (Å²) in [5.41, 5.74) is 5.88. The molecule has 0 aliphatic rings. The van der Waals surface area contributed by atoms with E-state index in [2.05, 4.69) is 0 Å². The van der Waals surface area contributed by atoms with Gasteiger partial charge in [0.15, 0.2) is 0 Å². The zero-order valence-corrected chi connectivity index (χ0v) is 10.2. The lowest BCUT2D eigenvalue weighted by Gasteiger charge is -2.13. The Balaban J connectivity index is 2.64. The van der Waals surface area contributed by atoms with Crippen LogP contribution in [0.4, 0.5) is 10.1 Å². The lowest BCUT2D eigenvalue weighted by molar-refractivity contribution is 0.0434. The highest BCUT2D eigenvalue weighted by atomic mass is 19.1. The summed E-state index contributed by atoms with van der Waals surface area (Å²) in [5.74, 6) is -0.589. The highest BCUT2D eigenvalue weighted by Gasteiger charge is 2.13. The van der Waals surface area contributed by atoms with E-state index in [-0.39, 0.29) is 11.3 Å². The van der Waals surface area contributed by atoms with Crippen molar-refractivity contribution in [3.05, 3.63) is 29.6 Å². The Labute approximate surface area is 101 Å². The van der Waals surface area contributed by atoms with Gasteiger partial charge in [0.05, 0.1) is 12.2 Å². The number of rotatable bonds is 5. The third-order valence-electron chi connectivity index (χ3n) is 2.84. The molecule has 0 heterocycles. The standard InChI is InChI=1S/C13H18FNO2/c1-3-9(4-2)8-17-13(16)11-6-5-10(14)7-12(11)15/h5-7,9H,3-4,8,15H2,1-2H3. The molecule has 0 radical (unpaired) electrons. The summed E-state index contributed by atoms with van der Waals surface area (Å²) in [4.78, 5) is 11.7. The molecule has 3 nitrogen and oxygen atoms in total. The molecule has 0 unspecified atom stereocenters. The minimum atomic E-state index is -0.491. The van der Waals surface area contributed by atoms with Gasteiger partial charge in [-0.05, 0) is 24.1 Å². The molecule has 4 heteroatoms. The fourth-order valence-corrected chi connectivity index (χ4v) is 1.52. The minimum Gasteiger partial charge on any atom is -0.462 e. The van der Waals surface area contributed by atoms with Gasteiger partial charge in [0.2, 0.25) is 0 Å². The molecule has 0 spiro atoms. The fraction of sp³-hybridized carbons (Fsp3) is 0.462. The number of carbonyl (C=O) groups excluding carboxylic acids is 1. The lowest BCUT2D eigenvalue weighted by Crippen LogP contribution is -2.14. The first kappa shape index (κ1) is 13.5. The Kier molecular flexibility index (Phi) is 4.94. The lowest BCUT2D eigenvalue weighted by atomic mass is 10.1. The van der Waals surface area contributed by atoms with Crippen molar-refractivity contribution in [2.75, 3.05) is 12.3 Å². The summed E-state index contributed by atoms with van der Waals surface area (Å²) in [6, 6.07) is 3.66. The third-order valence-corrected chi connectivity index (χ3v) is 2.84. The molecule has 0 saturated carbocycles. The Hall–Kier alpha value is -1.58. The Morgan fingerprint density at radius 3 is 2.59 bits per heavy atom. The fourth-order valence-electron chi connectivity index (χ4n) is 1.52. The van der Waals surface area contributed by atoms with Crippen molar-refractivity contribution >= 4 is 11.7 Å². The maximum absolute atomic E-state index is 12.8. The number of esters is 1. The third kappa shape index (κ3) is 3.73. The van der Waals surface area contributed by atoms with Crippen LogP contribution in [-0.2, 0) is 4.74 Å². The van der Waals surface area contributed by atoms with Crippen molar-refractivity contribution in [2.24, 2.45) is 5.92 Å². The second-order valence-electron chi connectivity index (χ2n) is 4.01. The summed E-state index contributed by atoms with van der Waals surface area (Å²) in [6.45, 7) is 4.48. The van der Waals surface area contributed by atoms with Gasteiger partial charge in [-0.3, -0.25) is 0 Å². The van der Waals surface area contributed by atoms with Crippen LogP contribution in [0.2, 0.25) is 0 Å². The molecule has 0 aromatic heterocycles. The van der Waals surface area contributed by atoms with E-state index in [0.29, 0.717) is 12.5 Å². The van der Waals surface area contributed by atoms with Crippen LogP contribution in [0.1, 0.15) is 37.0 Å². The van der Waals surface area contributed by atoms with Gasteiger partial charge in [-0.2, -0.15) is 0 Å². The number of halogens is 1. The molecule has 0 atom stereocenters. The van der Waals surface area contributed by atoms with Crippen LogP contribution in [0.15, 0.2) is 18.2 Å². The Morgan fingerprint density at radius 2 is 2.06 bits per heavy atom. The average Bonchev–Trinajstić information content (AvgIpc) is 2.30. The predicted molar refractivity (Wildman–Crippen MR) is 65.2 cm³/mol. The number of hydrogen-bond donors (Lipinski definition) is 1. The molecular formula is C13H18FNO2. The van der Waals surface area contributed by atoms with E-state index in [4.69, 9.17) is 10.5 Å². The Morgan fingerprint density at radius 1 is 1.41 bits per heavy atom. The predicted octanol–water partition coefficient (Wildman–Crippen LogP) is 3.00. The van der Waals surface area contributed by atoms with Crippen molar-refractivity contribution in [1.29, 1.82) is 0 Å². The molecule has 2 N–H and O–H groups in total. The maximum atomic E-state index is 12.8. The monoisotopic (exact) mass is 239 g/mol. The van der Waals surface area contributed by atoms with Gasteiger partial charge in [0.1, 0.15) is 5.82 Å². The average molecular weight is 239 g/mol. The number of hydrogen-bond acceptors (Lipinski definition) is 3. The van der Waals surface area contributed by atoms with E-state index in [1.807, 2.05) is 13.8 Å². The number of nitrogens with two attached hydrogens (primary N) is 1. The SMILES string of the molecule is CCC(CC)COC(=O)c1ccc(F)cc1N. The summed E-state index contributed by atoms with van der Waals surface area (Å²) < 4.78 is 18.0. The summed E-state index contributed by atoms with van der Waals surface area (Å²) in [6.07, 6.45) is 1.92. The smallest absolute Gasteiger partial charge is 0.340 e. The number of carbonyl (C=O) groups is 1. The van der Waals surface area contributed by atoms with Crippen molar-refractivity contribution in [3.8, 4) is 0 Å². The van der Waals surface area contributed by atoms with Gasteiger partial charge in [0, 0.05) is 5.69 Å². The second kappa shape index (κ2) is 6.23.